The minimum Gasteiger partial charge on any atom is -0.295 e. The largest absolute Gasteiger partial charge is 0.295 e. The van der Waals surface area contributed by atoms with Gasteiger partial charge >= 0.3 is 0 Å². The van der Waals surface area contributed by atoms with Gasteiger partial charge in [-0.25, -0.2) is 0 Å². The first-order chi connectivity index (χ1) is 20.8. The van der Waals surface area contributed by atoms with Crippen LogP contribution in [0.1, 0.15) is 0 Å². The molecule has 2 heteroatoms. The van der Waals surface area contributed by atoms with Crippen LogP contribution in [0, 0.1) is 0 Å². The summed E-state index contributed by atoms with van der Waals surface area (Å²) in [4.78, 5) is 0. The van der Waals surface area contributed by atoms with Gasteiger partial charge in [-0.3, -0.25) is 8.97 Å². The first-order valence-electron chi connectivity index (χ1n) is 14.5. The lowest BCUT2D eigenvalue weighted by Gasteiger charge is -2.15. The van der Waals surface area contributed by atoms with Crippen molar-refractivity contribution in [3.05, 3.63) is 158 Å². The SMILES string of the molecule is c1ccc(-c2cc(-c3ccccc3)cc(-n3c4ccccc4c4cc5c6ccccc6c6ccccc6n5c43)c2)cc1. The van der Waals surface area contributed by atoms with Gasteiger partial charge in [0.15, 0.2) is 0 Å². The fourth-order valence-corrected chi connectivity index (χ4v) is 6.81. The van der Waals surface area contributed by atoms with Gasteiger partial charge in [-0.2, -0.15) is 0 Å². The van der Waals surface area contributed by atoms with Crippen molar-refractivity contribution in [2.75, 3.05) is 0 Å². The molecular weight excluding hydrogens is 508 g/mol. The van der Waals surface area contributed by atoms with Gasteiger partial charge in [-0.15, -0.1) is 0 Å². The molecule has 0 aliphatic heterocycles. The van der Waals surface area contributed by atoms with E-state index >= 15 is 0 Å². The maximum Gasteiger partial charge on any atom is 0.131 e. The Morgan fingerprint density at radius 3 is 1.40 bits per heavy atom. The van der Waals surface area contributed by atoms with Gasteiger partial charge in [-0.05, 0) is 64.0 Å². The molecule has 6 aromatic carbocycles. The highest BCUT2D eigenvalue weighted by Crippen LogP contribution is 2.41. The van der Waals surface area contributed by atoms with E-state index in [-0.39, 0.29) is 0 Å². The van der Waals surface area contributed by atoms with Gasteiger partial charge < -0.3 is 0 Å². The Hall–Kier alpha value is -5.60. The zero-order valence-electron chi connectivity index (χ0n) is 22.9. The molecule has 0 radical (unpaired) electrons. The number of fused-ring (bicyclic) bond motifs is 10. The van der Waals surface area contributed by atoms with Crippen LogP contribution in [0.15, 0.2) is 158 Å². The van der Waals surface area contributed by atoms with Crippen molar-refractivity contribution in [2.45, 2.75) is 0 Å². The Labute approximate surface area is 243 Å². The van der Waals surface area contributed by atoms with E-state index in [9.17, 15) is 0 Å². The van der Waals surface area contributed by atoms with Gasteiger partial charge in [0.2, 0.25) is 0 Å². The van der Waals surface area contributed by atoms with Crippen LogP contribution < -0.4 is 0 Å². The molecule has 0 amide bonds. The molecule has 3 aromatic heterocycles. The zero-order chi connectivity index (χ0) is 27.6. The number of aromatic nitrogens is 2. The summed E-state index contributed by atoms with van der Waals surface area (Å²) in [6.45, 7) is 0. The van der Waals surface area contributed by atoms with Gasteiger partial charge in [0, 0.05) is 27.2 Å². The maximum atomic E-state index is 2.48. The van der Waals surface area contributed by atoms with Crippen LogP contribution in [0.25, 0.3) is 77.1 Å². The lowest BCUT2D eigenvalue weighted by atomic mass is 9.98. The van der Waals surface area contributed by atoms with Crippen molar-refractivity contribution in [2.24, 2.45) is 0 Å². The molecule has 9 rings (SSSR count). The number of benzene rings is 6. The average Bonchev–Trinajstić information content (AvgIpc) is 3.61. The Morgan fingerprint density at radius 1 is 0.310 bits per heavy atom. The third-order valence-corrected chi connectivity index (χ3v) is 8.65. The van der Waals surface area contributed by atoms with Crippen molar-refractivity contribution in [3.63, 3.8) is 0 Å². The highest BCUT2D eigenvalue weighted by atomic mass is 15.1. The van der Waals surface area contributed by atoms with Crippen LogP contribution in [-0.2, 0) is 0 Å². The Morgan fingerprint density at radius 2 is 0.786 bits per heavy atom. The van der Waals surface area contributed by atoms with E-state index in [1.807, 2.05) is 0 Å². The van der Waals surface area contributed by atoms with Crippen LogP contribution in [0.4, 0.5) is 0 Å². The standard InChI is InChI=1S/C40H26N2/c1-3-13-27(14-4-1)29-23-30(28-15-5-2-6-16-28)25-31(24-29)41-37-21-11-10-20-35(37)36-26-39-34-19-8-7-17-32(34)33-18-9-12-22-38(33)42(39)40(36)41/h1-26H. The molecule has 0 aliphatic rings. The Kier molecular flexibility index (Phi) is 4.93. The summed E-state index contributed by atoms with van der Waals surface area (Å²) >= 11 is 0. The fraction of sp³-hybridized carbons (Fsp3) is 0. The van der Waals surface area contributed by atoms with E-state index in [0.717, 1.165) is 5.69 Å². The minimum absolute atomic E-state index is 1.15. The normalized spacial score (nSPS) is 11.8. The van der Waals surface area contributed by atoms with E-state index < -0.39 is 0 Å². The predicted octanol–water partition coefficient (Wildman–Crippen LogP) is 10.7. The average molecular weight is 535 g/mol. The molecule has 3 heterocycles. The van der Waals surface area contributed by atoms with Gasteiger partial charge in [0.1, 0.15) is 5.65 Å². The Balaban J connectivity index is 1.48. The lowest BCUT2D eigenvalue weighted by molar-refractivity contribution is 1.12. The summed E-state index contributed by atoms with van der Waals surface area (Å²) in [7, 11) is 0. The molecule has 0 unspecified atom stereocenters. The van der Waals surface area contributed by atoms with Crippen LogP contribution in [0.5, 0.6) is 0 Å². The third kappa shape index (κ3) is 3.33. The molecule has 0 atom stereocenters. The molecule has 0 spiro atoms. The summed E-state index contributed by atoms with van der Waals surface area (Å²) in [6, 6.07) is 57.2. The molecule has 0 aliphatic carbocycles. The second-order valence-electron chi connectivity index (χ2n) is 11.0. The van der Waals surface area contributed by atoms with Crippen LogP contribution in [0.3, 0.4) is 0 Å². The first-order valence-corrected chi connectivity index (χ1v) is 14.5. The Bertz CT molecular complexity index is 2390. The van der Waals surface area contributed by atoms with E-state index in [0.29, 0.717) is 0 Å². The van der Waals surface area contributed by atoms with Gasteiger partial charge in [-0.1, -0.05) is 121 Å². The second kappa shape index (κ2) is 8.95. The molecule has 0 N–H and O–H groups in total. The van der Waals surface area contributed by atoms with Crippen molar-refractivity contribution in [1.82, 2.24) is 8.97 Å². The molecule has 196 valence electrons. The molecule has 0 bridgehead atoms. The summed E-state index contributed by atoms with van der Waals surface area (Å²) in [6.07, 6.45) is 0. The quantitative estimate of drug-likeness (QED) is 0.199. The molecule has 9 aromatic rings. The topological polar surface area (TPSA) is 9.34 Å². The van der Waals surface area contributed by atoms with Crippen LogP contribution >= 0.6 is 0 Å². The number of nitrogens with zero attached hydrogens (tertiary/aromatic N) is 2. The molecule has 42 heavy (non-hydrogen) atoms. The van der Waals surface area contributed by atoms with Crippen molar-refractivity contribution >= 4 is 49.1 Å². The number of pyridine rings is 1. The fourth-order valence-electron chi connectivity index (χ4n) is 6.81. The first kappa shape index (κ1) is 23.1. The van der Waals surface area contributed by atoms with E-state index in [4.69, 9.17) is 0 Å². The smallest absolute Gasteiger partial charge is 0.131 e. The van der Waals surface area contributed by atoms with Gasteiger partial charge in [0.25, 0.3) is 0 Å². The molecule has 0 saturated heterocycles. The molecule has 0 saturated carbocycles. The number of para-hydroxylation sites is 2. The van der Waals surface area contributed by atoms with Crippen LogP contribution in [-0.4, -0.2) is 8.97 Å². The third-order valence-electron chi connectivity index (χ3n) is 8.65. The van der Waals surface area contributed by atoms with E-state index in [1.54, 1.807) is 0 Å². The van der Waals surface area contributed by atoms with Crippen molar-refractivity contribution in [3.8, 4) is 27.9 Å². The molecule has 0 fully saturated rings. The maximum absolute atomic E-state index is 2.48. The summed E-state index contributed by atoms with van der Waals surface area (Å²) in [5.41, 5.74) is 10.8. The lowest BCUT2D eigenvalue weighted by Crippen LogP contribution is -2.00. The molecular formula is C40H26N2. The minimum atomic E-state index is 1.15. The highest BCUT2D eigenvalue weighted by Gasteiger charge is 2.20. The van der Waals surface area contributed by atoms with Crippen molar-refractivity contribution < 1.29 is 0 Å². The predicted molar refractivity (Wildman–Crippen MR) is 178 cm³/mol. The monoisotopic (exact) mass is 534 g/mol. The molecule has 2 nitrogen and oxygen atoms in total. The van der Waals surface area contributed by atoms with Crippen molar-refractivity contribution in [1.29, 1.82) is 0 Å². The number of hydrogen-bond donors (Lipinski definition) is 0. The summed E-state index contributed by atoms with van der Waals surface area (Å²) in [5.74, 6) is 0. The van der Waals surface area contributed by atoms with E-state index in [2.05, 4.69) is 167 Å². The second-order valence-corrected chi connectivity index (χ2v) is 11.0. The highest BCUT2D eigenvalue weighted by molar-refractivity contribution is 6.19. The summed E-state index contributed by atoms with van der Waals surface area (Å²) in [5, 5.41) is 6.34. The summed E-state index contributed by atoms with van der Waals surface area (Å²) < 4.78 is 4.95. The van der Waals surface area contributed by atoms with E-state index in [1.165, 1.54) is 71.4 Å². The zero-order valence-corrected chi connectivity index (χ0v) is 22.9. The van der Waals surface area contributed by atoms with Crippen LogP contribution in [0.2, 0.25) is 0 Å². The van der Waals surface area contributed by atoms with Gasteiger partial charge in [0.05, 0.1) is 16.6 Å². The number of rotatable bonds is 3. The number of hydrogen-bond acceptors (Lipinski definition) is 0.